The Kier molecular flexibility index (Phi) is 6.96. The molecule has 0 aromatic heterocycles. The zero-order chi connectivity index (χ0) is 20.9. The van der Waals surface area contributed by atoms with E-state index in [1.165, 1.54) is 19.3 Å². The Labute approximate surface area is 175 Å². The van der Waals surface area contributed by atoms with E-state index < -0.39 is 10.0 Å². The van der Waals surface area contributed by atoms with E-state index in [-0.39, 0.29) is 6.04 Å². The van der Waals surface area contributed by atoms with E-state index in [9.17, 15) is 8.42 Å². The highest BCUT2D eigenvalue weighted by Gasteiger charge is 2.40. The molecule has 1 aliphatic heterocycles. The van der Waals surface area contributed by atoms with Crippen molar-refractivity contribution < 1.29 is 8.42 Å². The lowest BCUT2D eigenvalue weighted by Gasteiger charge is -2.27. The molecule has 0 N–H and O–H groups in total. The summed E-state index contributed by atoms with van der Waals surface area (Å²) in [6.07, 6.45) is 8.20. The van der Waals surface area contributed by atoms with Crippen LogP contribution in [-0.2, 0) is 10.0 Å². The predicted octanol–water partition coefficient (Wildman–Crippen LogP) is 6.54. The Balaban J connectivity index is 2.00. The molecule has 29 heavy (non-hydrogen) atoms. The molecule has 4 heteroatoms. The molecule has 1 unspecified atom stereocenters. The number of rotatable bonds is 8. The van der Waals surface area contributed by atoms with E-state index in [1.54, 1.807) is 16.4 Å². The van der Waals surface area contributed by atoms with Crippen LogP contribution in [0.15, 0.2) is 83.4 Å². The fourth-order valence-electron chi connectivity index (χ4n) is 3.84. The van der Waals surface area contributed by atoms with Crippen molar-refractivity contribution in [2.45, 2.75) is 63.3 Å². The number of allylic oxidation sites excluding steroid dienone is 2. The topological polar surface area (TPSA) is 37.4 Å². The Morgan fingerprint density at radius 2 is 1.72 bits per heavy atom. The second-order valence-corrected chi connectivity index (χ2v) is 9.60. The third kappa shape index (κ3) is 4.81. The van der Waals surface area contributed by atoms with Gasteiger partial charge in [-0.25, -0.2) is 8.42 Å². The molecule has 1 atom stereocenters. The Bertz CT molecular complexity index is 960. The Hall–Kier alpha value is -2.33. The van der Waals surface area contributed by atoms with Gasteiger partial charge in [-0.05, 0) is 49.5 Å². The van der Waals surface area contributed by atoms with E-state index in [0.29, 0.717) is 11.3 Å². The first-order valence-corrected chi connectivity index (χ1v) is 11.9. The van der Waals surface area contributed by atoms with Crippen molar-refractivity contribution >= 4 is 10.0 Å². The van der Waals surface area contributed by atoms with Gasteiger partial charge in [0.2, 0.25) is 0 Å². The van der Waals surface area contributed by atoms with Crippen LogP contribution in [0.1, 0.15) is 62.6 Å². The number of aryl methyl sites for hydroxylation is 1. The second-order valence-electron chi connectivity index (χ2n) is 7.79. The fraction of sp³-hybridized carbons (Fsp3) is 0.360. The van der Waals surface area contributed by atoms with Crippen molar-refractivity contribution in [3.63, 3.8) is 0 Å². The van der Waals surface area contributed by atoms with E-state index in [4.69, 9.17) is 0 Å². The lowest BCUT2D eigenvalue weighted by molar-refractivity contribution is 0.429. The van der Waals surface area contributed by atoms with Gasteiger partial charge in [0.25, 0.3) is 10.0 Å². The van der Waals surface area contributed by atoms with Gasteiger partial charge in [0.05, 0.1) is 16.6 Å². The Morgan fingerprint density at radius 3 is 2.38 bits per heavy atom. The van der Waals surface area contributed by atoms with Gasteiger partial charge in [-0.15, -0.1) is 0 Å². The molecule has 1 aliphatic rings. The van der Waals surface area contributed by atoms with Gasteiger partial charge < -0.3 is 0 Å². The fourth-order valence-corrected chi connectivity index (χ4v) is 5.54. The van der Waals surface area contributed by atoms with Crippen molar-refractivity contribution in [3.05, 3.63) is 89.6 Å². The van der Waals surface area contributed by atoms with Gasteiger partial charge in [-0.2, -0.15) is 0 Å². The first-order valence-electron chi connectivity index (χ1n) is 10.5. The molecule has 0 amide bonds. The Morgan fingerprint density at radius 1 is 1.03 bits per heavy atom. The molecule has 1 saturated heterocycles. The third-order valence-electron chi connectivity index (χ3n) is 5.48. The molecule has 0 aliphatic carbocycles. The van der Waals surface area contributed by atoms with E-state index in [2.05, 4.69) is 19.6 Å². The minimum Gasteiger partial charge on any atom is -0.259 e. The summed E-state index contributed by atoms with van der Waals surface area (Å²) in [5.41, 5.74) is 3.70. The maximum atomic E-state index is 13.7. The van der Waals surface area contributed by atoms with Crippen LogP contribution in [-0.4, -0.2) is 12.7 Å². The summed E-state index contributed by atoms with van der Waals surface area (Å²) in [5.74, 6) is 0. The molecule has 2 aromatic carbocycles. The quantitative estimate of drug-likeness (QED) is 0.464. The van der Waals surface area contributed by atoms with Gasteiger partial charge in [-0.3, -0.25) is 4.31 Å². The van der Waals surface area contributed by atoms with E-state index in [1.807, 2.05) is 49.4 Å². The maximum Gasteiger partial charge on any atom is 0.264 e. The first kappa shape index (κ1) is 21.4. The van der Waals surface area contributed by atoms with Crippen LogP contribution in [0.3, 0.4) is 0 Å². The minimum absolute atomic E-state index is 0.253. The molecule has 0 saturated carbocycles. The van der Waals surface area contributed by atoms with Gasteiger partial charge in [0.1, 0.15) is 0 Å². The van der Waals surface area contributed by atoms with Crippen LogP contribution in [0.4, 0.5) is 0 Å². The smallest absolute Gasteiger partial charge is 0.259 e. The molecular weight excluding hydrogens is 378 g/mol. The highest BCUT2D eigenvalue weighted by molar-refractivity contribution is 7.89. The van der Waals surface area contributed by atoms with Gasteiger partial charge in [0, 0.05) is 0 Å². The average molecular weight is 410 g/mol. The van der Waals surface area contributed by atoms with Crippen molar-refractivity contribution in [3.8, 4) is 0 Å². The SMILES string of the molecule is C=C1CC(c2ccccc2)N(S(=O)(=O)c2ccc(C)cc2)/C1=C/CCCCCC. The monoisotopic (exact) mass is 409 g/mol. The van der Waals surface area contributed by atoms with Gasteiger partial charge in [0.15, 0.2) is 0 Å². The van der Waals surface area contributed by atoms with Crippen LogP contribution in [0.2, 0.25) is 0 Å². The standard InChI is InChI=1S/C25H31NO2S/c1-4-5-6-7-11-14-24-21(3)19-25(22-12-9-8-10-13-22)26(24)29(27,28)23-17-15-20(2)16-18-23/h8-10,12-18,25H,3-7,11,19H2,1-2H3/b24-14+. The molecule has 2 aromatic rings. The number of hydrogen-bond donors (Lipinski definition) is 0. The molecule has 0 spiro atoms. The van der Waals surface area contributed by atoms with E-state index in [0.717, 1.165) is 35.2 Å². The normalized spacial score (nSPS) is 18.6. The van der Waals surface area contributed by atoms with Crippen molar-refractivity contribution in [1.82, 2.24) is 4.31 Å². The van der Waals surface area contributed by atoms with Crippen LogP contribution < -0.4 is 0 Å². The number of benzene rings is 2. The van der Waals surface area contributed by atoms with Crippen molar-refractivity contribution in [2.75, 3.05) is 0 Å². The third-order valence-corrected chi connectivity index (χ3v) is 7.32. The lowest BCUT2D eigenvalue weighted by atomic mass is 10.0. The molecule has 1 fully saturated rings. The van der Waals surface area contributed by atoms with Crippen LogP contribution >= 0.6 is 0 Å². The molecule has 1 heterocycles. The summed E-state index contributed by atoms with van der Waals surface area (Å²) < 4.78 is 28.9. The largest absolute Gasteiger partial charge is 0.264 e. The first-order chi connectivity index (χ1) is 13.9. The van der Waals surface area contributed by atoms with Crippen LogP contribution in [0.5, 0.6) is 0 Å². The number of hydrogen-bond acceptors (Lipinski definition) is 2. The molecule has 3 rings (SSSR count). The summed E-state index contributed by atoms with van der Waals surface area (Å²) >= 11 is 0. The minimum atomic E-state index is -3.68. The zero-order valence-electron chi connectivity index (χ0n) is 17.5. The van der Waals surface area contributed by atoms with E-state index >= 15 is 0 Å². The van der Waals surface area contributed by atoms with Crippen LogP contribution in [0, 0.1) is 6.92 Å². The predicted molar refractivity (Wildman–Crippen MR) is 120 cm³/mol. The summed E-state index contributed by atoms with van der Waals surface area (Å²) in [5, 5.41) is 0. The summed E-state index contributed by atoms with van der Waals surface area (Å²) in [6, 6.07) is 16.7. The molecular formula is C25H31NO2S. The number of sulfonamides is 1. The van der Waals surface area contributed by atoms with Crippen molar-refractivity contribution in [2.24, 2.45) is 0 Å². The van der Waals surface area contributed by atoms with Crippen LogP contribution in [0.25, 0.3) is 0 Å². The summed E-state index contributed by atoms with van der Waals surface area (Å²) in [7, 11) is -3.68. The number of nitrogens with zero attached hydrogens (tertiary/aromatic N) is 1. The average Bonchev–Trinajstić information content (AvgIpc) is 3.06. The molecule has 3 nitrogen and oxygen atoms in total. The maximum absolute atomic E-state index is 13.7. The second kappa shape index (κ2) is 9.45. The summed E-state index contributed by atoms with van der Waals surface area (Å²) in [6.45, 7) is 8.38. The zero-order valence-corrected chi connectivity index (χ0v) is 18.3. The lowest BCUT2D eigenvalue weighted by Crippen LogP contribution is -2.29. The van der Waals surface area contributed by atoms with Gasteiger partial charge in [-0.1, -0.05) is 86.9 Å². The van der Waals surface area contributed by atoms with Crippen molar-refractivity contribution in [1.29, 1.82) is 0 Å². The number of unbranched alkanes of at least 4 members (excludes halogenated alkanes) is 4. The highest BCUT2D eigenvalue weighted by atomic mass is 32.2. The van der Waals surface area contributed by atoms with Gasteiger partial charge >= 0.3 is 0 Å². The summed E-state index contributed by atoms with van der Waals surface area (Å²) in [4.78, 5) is 0.329. The highest BCUT2D eigenvalue weighted by Crippen LogP contribution is 2.45. The molecule has 0 bridgehead atoms. The molecule has 154 valence electrons. The molecule has 0 radical (unpaired) electrons.